The Kier molecular flexibility index (Phi) is 5.25. The van der Waals surface area contributed by atoms with E-state index >= 15 is 0 Å². The Bertz CT molecular complexity index is 882. The molecule has 2 aromatic carbocycles. The highest BCUT2D eigenvalue weighted by atomic mass is 35.5. The number of halogens is 1. The Balaban J connectivity index is 2.25. The lowest BCUT2D eigenvalue weighted by Crippen LogP contribution is -2.17. The molecule has 0 aliphatic rings. The van der Waals surface area contributed by atoms with Crippen LogP contribution in [0.4, 0.5) is 11.4 Å². The van der Waals surface area contributed by atoms with Crippen LogP contribution in [0.2, 0.25) is 5.02 Å². The number of carbonyl (C=O) groups excluding carboxylic acids is 1. The quantitative estimate of drug-likeness (QED) is 0.473. The lowest BCUT2D eigenvalue weighted by Gasteiger charge is -2.02. The van der Waals surface area contributed by atoms with Gasteiger partial charge in [-0.3, -0.25) is 25.0 Å². The highest BCUT2D eigenvalue weighted by molar-refractivity contribution is 6.30. The fourth-order valence-electron chi connectivity index (χ4n) is 1.79. The van der Waals surface area contributed by atoms with E-state index in [-0.39, 0.29) is 11.1 Å². The van der Waals surface area contributed by atoms with E-state index in [0.29, 0.717) is 11.1 Å². The summed E-state index contributed by atoms with van der Waals surface area (Å²) in [6, 6.07) is 7.40. The molecular weight excluding hydrogens is 356 g/mol. The maximum absolute atomic E-state index is 11.8. The molecule has 0 fully saturated rings. The number of phenols is 1. The summed E-state index contributed by atoms with van der Waals surface area (Å²) in [7, 11) is 0. The van der Waals surface area contributed by atoms with Crippen molar-refractivity contribution >= 4 is 35.1 Å². The summed E-state index contributed by atoms with van der Waals surface area (Å²) < 4.78 is 0. The van der Waals surface area contributed by atoms with E-state index in [0.717, 1.165) is 12.3 Å². The Hall–Kier alpha value is -3.53. The molecule has 0 heterocycles. The Morgan fingerprint density at radius 3 is 2.36 bits per heavy atom. The summed E-state index contributed by atoms with van der Waals surface area (Å²) >= 11 is 5.70. The molecule has 11 heteroatoms. The van der Waals surface area contributed by atoms with Gasteiger partial charge in [0.15, 0.2) is 0 Å². The number of amides is 1. The molecular formula is C14H9ClN4O6. The molecule has 10 nitrogen and oxygen atoms in total. The second-order valence-corrected chi connectivity index (χ2v) is 5.06. The number of nitrogens with one attached hydrogen (secondary N) is 1. The lowest BCUT2D eigenvalue weighted by atomic mass is 10.1. The van der Waals surface area contributed by atoms with Gasteiger partial charge in [0, 0.05) is 16.7 Å². The average Bonchev–Trinajstić information content (AvgIpc) is 2.56. The van der Waals surface area contributed by atoms with Gasteiger partial charge in [-0.05, 0) is 24.3 Å². The zero-order chi connectivity index (χ0) is 18.6. The highest BCUT2D eigenvalue weighted by Gasteiger charge is 2.23. The molecule has 0 aromatic heterocycles. The number of nitro benzene ring substituents is 2. The van der Waals surface area contributed by atoms with Gasteiger partial charge < -0.3 is 5.11 Å². The van der Waals surface area contributed by atoms with Crippen molar-refractivity contribution in [3.63, 3.8) is 0 Å². The van der Waals surface area contributed by atoms with E-state index < -0.39 is 32.9 Å². The van der Waals surface area contributed by atoms with E-state index in [9.17, 15) is 30.1 Å². The Morgan fingerprint density at radius 2 is 1.80 bits per heavy atom. The van der Waals surface area contributed by atoms with E-state index in [4.69, 9.17) is 11.6 Å². The number of nitrogens with zero attached hydrogens (tertiary/aromatic N) is 3. The number of carbonyl (C=O) groups is 1. The van der Waals surface area contributed by atoms with Gasteiger partial charge >= 0.3 is 5.69 Å². The fourth-order valence-corrected chi connectivity index (χ4v) is 1.92. The van der Waals surface area contributed by atoms with Crippen molar-refractivity contribution < 1.29 is 19.7 Å². The maximum Gasteiger partial charge on any atom is 0.318 e. The topological polar surface area (TPSA) is 148 Å². The average molecular weight is 365 g/mol. The first kappa shape index (κ1) is 17.8. The summed E-state index contributed by atoms with van der Waals surface area (Å²) in [6.45, 7) is 0. The number of nitro groups is 2. The predicted molar refractivity (Wildman–Crippen MR) is 87.9 cm³/mol. The zero-order valence-electron chi connectivity index (χ0n) is 12.2. The molecule has 0 unspecified atom stereocenters. The molecule has 128 valence electrons. The second kappa shape index (κ2) is 7.36. The number of non-ortho nitro benzene ring substituents is 1. The van der Waals surface area contributed by atoms with Crippen LogP contribution in [0, 0.1) is 20.2 Å². The van der Waals surface area contributed by atoms with Gasteiger partial charge in [-0.2, -0.15) is 5.10 Å². The van der Waals surface area contributed by atoms with Crippen LogP contribution in [-0.2, 0) is 0 Å². The zero-order valence-corrected chi connectivity index (χ0v) is 13.0. The summed E-state index contributed by atoms with van der Waals surface area (Å²) in [5.74, 6) is -1.41. The number of hydrazone groups is 1. The minimum absolute atomic E-state index is 0.246. The number of aromatic hydroxyl groups is 1. The summed E-state index contributed by atoms with van der Waals surface area (Å²) in [4.78, 5) is 31.7. The first-order valence-electron chi connectivity index (χ1n) is 6.54. The molecule has 0 aliphatic carbocycles. The third-order valence-corrected chi connectivity index (χ3v) is 3.24. The third kappa shape index (κ3) is 4.26. The molecule has 0 atom stereocenters. The molecule has 0 aliphatic heterocycles. The number of benzene rings is 2. The normalized spacial score (nSPS) is 10.6. The lowest BCUT2D eigenvalue weighted by molar-refractivity contribution is -0.394. The molecule has 2 aromatic rings. The summed E-state index contributed by atoms with van der Waals surface area (Å²) in [6.07, 6.45) is 0.864. The van der Waals surface area contributed by atoms with Crippen LogP contribution < -0.4 is 5.43 Å². The van der Waals surface area contributed by atoms with Crippen LogP contribution in [0.25, 0.3) is 0 Å². The van der Waals surface area contributed by atoms with Gasteiger partial charge in [-0.1, -0.05) is 11.6 Å². The largest absolute Gasteiger partial charge is 0.502 e. The first-order valence-corrected chi connectivity index (χ1v) is 6.92. The van der Waals surface area contributed by atoms with Gasteiger partial charge in [0.1, 0.15) is 0 Å². The van der Waals surface area contributed by atoms with Crippen LogP contribution in [0.1, 0.15) is 15.9 Å². The number of hydrogen-bond acceptors (Lipinski definition) is 7. The minimum atomic E-state index is -0.966. The summed E-state index contributed by atoms with van der Waals surface area (Å²) in [5.41, 5.74) is 0.631. The number of phenolic OH excluding ortho intramolecular Hbond substituents is 1. The van der Waals surface area contributed by atoms with Gasteiger partial charge in [-0.15, -0.1) is 0 Å². The SMILES string of the molecule is O=C(N/N=C\c1cc([N+](=O)[O-])cc([N+](=O)[O-])c1O)c1ccc(Cl)cc1. The maximum atomic E-state index is 11.8. The van der Waals surface area contributed by atoms with Crippen LogP contribution in [0.3, 0.4) is 0 Å². The predicted octanol–water partition coefficient (Wildman–Crippen LogP) is 2.63. The monoisotopic (exact) mass is 364 g/mol. The molecule has 25 heavy (non-hydrogen) atoms. The van der Waals surface area contributed by atoms with Gasteiger partial charge in [-0.25, -0.2) is 5.43 Å². The smallest absolute Gasteiger partial charge is 0.318 e. The number of rotatable bonds is 5. The van der Waals surface area contributed by atoms with Crippen molar-refractivity contribution in [2.24, 2.45) is 5.10 Å². The molecule has 0 saturated carbocycles. The van der Waals surface area contributed by atoms with Crippen LogP contribution in [-0.4, -0.2) is 27.1 Å². The molecule has 0 spiro atoms. The van der Waals surface area contributed by atoms with Crippen LogP contribution in [0.15, 0.2) is 41.5 Å². The van der Waals surface area contributed by atoms with Gasteiger partial charge in [0.25, 0.3) is 11.6 Å². The minimum Gasteiger partial charge on any atom is -0.502 e. The molecule has 2 rings (SSSR count). The van der Waals surface area contributed by atoms with Crippen molar-refractivity contribution in [1.82, 2.24) is 5.43 Å². The van der Waals surface area contributed by atoms with Crippen molar-refractivity contribution in [1.29, 1.82) is 0 Å². The van der Waals surface area contributed by atoms with E-state index in [1.54, 1.807) is 0 Å². The Labute approximate surface area is 144 Å². The van der Waals surface area contributed by atoms with Crippen molar-refractivity contribution in [3.05, 3.63) is 72.8 Å². The van der Waals surface area contributed by atoms with Crippen molar-refractivity contribution in [3.8, 4) is 5.75 Å². The van der Waals surface area contributed by atoms with E-state index in [1.807, 2.05) is 0 Å². The molecule has 0 bridgehead atoms. The van der Waals surface area contributed by atoms with Crippen molar-refractivity contribution in [2.75, 3.05) is 0 Å². The van der Waals surface area contributed by atoms with Crippen LogP contribution >= 0.6 is 11.6 Å². The van der Waals surface area contributed by atoms with Gasteiger partial charge in [0.2, 0.25) is 5.75 Å². The van der Waals surface area contributed by atoms with Crippen LogP contribution in [0.5, 0.6) is 5.75 Å². The molecule has 2 N–H and O–H groups in total. The fraction of sp³-hybridized carbons (Fsp3) is 0. The highest BCUT2D eigenvalue weighted by Crippen LogP contribution is 2.33. The molecule has 1 amide bonds. The molecule has 0 saturated heterocycles. The molecule has 0 radical (unpaired) electrons. The first-order chi connectivity index (χ1) is 11.8. The van der Waals surface area contributed by atoms with Crippen molar-refractivity contribution in [2.45, 2.75) is 0 Å². The number of hydrogen-bond donors (Lipinski definition) is 2. The summed E-state index contributed by atoms with van der Waals surface area (Å²) in [5, 5.41) is 35.4. The third-order valence-electron chi connectivity index (χ3n) is 2.99. The Morgan fingerprint density at radius 1 is 1.16 bits per heavy atom. The second-order valence-electron chi connectivity index (χ2n) is 4.62. The van der Waals surface area contributed by atoms with Gasteiger partial charge in [0.05, 0.1) is 27.7 Å². The van der Waals surface area contributed by atoms with E-state index in [2.05, 4.69) is 10.5 Å². The standard InChI is InChI=1S/C14H9ClN4O6/c15-10-3-1-8(2-4-10)14(21)17-16-7-9-5-11(18(22)23)6-12(13(9)20)19(24)25/h1-7,20H,(H,17,21)/b16-7-. The van der Waals surface area contributed by atoms with E-state index in [1.165, 1.54) is 24.3 Å².